The third kappa shape index (κ3) is 7.61. The Morgan fingerprint density at radius 2 is 2.40 bits per heavy atom. The molecule has 84 valence electrons. The molecule has 5 heteroatoms. The van der Waals surface area contributed by atoms with Gasteiger partial charge in [-0.1, -0.05) is 6.58 Å². The molecular weight excluding hydrogens is 198 g/mol. The molecule has 0 N–H and O–H groups in total. The average molecular weight is 213 g/mol. The molecule has 0 saturated carbocycles. The summed E-state index contributed by atoms with van der Waals surface area (Å²) in [5.41, 5.74) is 0. The zero-order chi connectivity index (χ0) is 11.5. The molecule has 5 nitrogen and oxygen atoms in total. The summed E-state index contributed by atoms with van der Waals surface area (Å²) in [6, 6.07) is 0. The van der Waals surface area contributed by atoms with Crippen LogP contribution in [-0.4, -0.2) is 32.0 Å². The van der Waals surface area contributed by atoms with E-state index >= 15 is 0 Å². The first kappa shape index (κ1) is 13.5. The van der Waals surface area contributed by atoms with E-state index in [1.165, 1.54) is 13.2 Å². The Kier molecular flexibility index (Phi) is 8.24. The number of ether oxygens (including phenoxy) is 2. The van der Waals surface area contributed by atoms with Crippen molar-refractivity contribution < 1.29 is 19.1 Å². The Morgan fingerprint density at radius 1 is 1.67 bits per heavy atom. The molecule has 0 aromatic carbocycles. The van der Waals surface area contributed by atoms with Crippen molar-refractivity contribution in [2.24, 2.45) is 4.99 Å². The van der Waals surface area contributed by atoms with Crippen LogP contribution in [0.2, 0.25) is 0 Å². The summed E-state index contributed by atoms with van der Waals surface area (Å²) in [5.74, 6) is -0.394. The van der Waals surface area contributed by atoms with Gasteiger partial charge in [0.2, 0.25) is 6.08 Å². The molecule has 1 saturated heterocycles. The van der Waals surface area contributed by atoms with E-state index in [4.69, 9.17) is 4.74 Å². The molecule has 0 spiro atoms. The maximum Gasteiger partial charge on any atom is 0.329 e. The summed E-state index contributed by atoms with van der Waals surface area (Å²) in [4.78, 5) is 23.0. The van der Waals surface area contributed by atoms with E-state index in [-0.39, 0.29) is 6.23 Å². The number of aliphatic imine (C=N–C) groups is 1. The summed E-state index contributed by atoms with van der Waals surface area (Å²) in [6.45, 7) is 3.89. The highest BCUT2D eigenvalue weighted by atomic mass is 16.5. The molecule has 1 aliphatic rings. The Morgan fingerprint density at radius 3 is 2.73 bits per heavy atom. The number of isocyanates is 1. The molecule has 1 aliphatic heterocycles. The lowest BCUT2D eigenvalue weighted by Gasteiger charge is -2.16. The Bertz CT molecular complexity index is 240. The van der Waals surface area contributed by atoms with Crippen LogP contribution in [0.15, 0.2) is 17.6 Å². The molecule has 1 unspecified atom stereocenters. The first-order valence-corrected chi connectivity index (χ1v) is 4.63. The molecule has 1 heterocycles. The monoisotopic (exact) mass is 213 g/mol. The van der Waals surface area contributed by atoms with E-state index < -0.39 is 5.97 Å². The normalized spacial score (nSPS) is 18.9. The van der Waals surface area contributed by atoms with Gasteiger partial charge in [-0.25, -0.2) is 9.59 Å². The first-order chi connectivity index (χ1) is 7.24. The van der Waals surface area contributed by atoms with Gasteiger partial charge in [0.25, 0.3) is 0 Å². The highest BCUT2D eigenvalue weighted by Gasteiger charge is 2.10. The van der Waals surface area contributed by atoms with Gasteiger partial charge in [0, 0.05) is 12.7 Å². The fourth-order valence-electron chi connectivity index (χ4n) is 0.968. The predicted molar refractivity (Wildman–Crippen MR) is 53.9 cm³/mol. The zero-order valence-electron chi connectivity index (χ0n) is 8.77. The van der Waals surface area contributed by atoms with Crippen LogP contribution >= 0.6 is 0 Å². The fraction of sp³-hybridized carbons (Fsp3) is 0.600. The molecule has 15 heavy (non-hydrogen) atoms. The third-order valence-electron chi connectivity index (χ3n) is 1.72. The van der Waals surface area contributed by atoms with Gasteiger partial charge in [-0.15, -0.1) is 0 Å². The van der Waals surface area contributed by atoms with Crippen molar-refractivity contribution in [3.8, 4) is 0 Å². The van der Waals surface area contributed by atoms with Crippen LogP contribution in [-0.2, 0) is 19.1 Å². The van der Waals surface area contributed by atoms with E-state index in [9.17, 15) is 9.59 Å². The first-order valence-electron chi connectivity index (χ1n) is 4.63. The Labute approximate surface area is 88.8 Å². The number of nitrogens with zero attached hydrogens (tertiary/aromatic N) is 1. The lowest BCUT2D eigenvalue weighted by Crippen LogP contribution is -2.15. The minimum atomic E-state index is -0.394. The smallest absolute Gasteiger partial charge is 0.329 e. The Hall–Kier alpha value is -1.45. The van der Waals surface area contributed by atoms with E-state index in [2.05, 4.69) is 16.3 Å². The predicted octanol–water partition coefficient (Wildman–Crippen LogP) is 1.19. The SMILES string of the molecule is C=CC(=O)OC.O=C=NC1CCCCO1. The van der Waals surface area contributed by atoms with Crippen molar-refractivity contribution in [3.05, 3.63) is 12.7 Å². The quantitative estimate of drug-likeness (QED) is 0.299. The van der Waals surface area contributed by atoms with Crippen molar-refractivity contribution in [2.75, 3.05) is 13.7 Å². The van der Waals surface area contributed by atoms with Crippen LogP contribution in [0.5, 0.6) is 0 Å². The molecule has 1 fully saturated rings. The number of methoxy groups -OCH3 is 1. The van der Waals surface area contributed by atoms with Crippen molar-refractivity contribution in [2.45, 2.75) is 25.5 Å². The number of hydrogen-bond acceptors (Lipinski definition) is 5. The number of hydrogen-bond donors (Lipinski definition) is 0. The standard InChI is InChI=1S/C6H9NO2.C4H6O2/c8-5-7-6-3-1-2-4-9-6;1-3-4(5)6-2/h6H,1-4H2;3H,1H2,2H3. The van der Waals surface area contributed by atoms with Crippen molar-refractivity contribution >= 4 is 12.0 Å². The van der Waals surface area contributed by atoms with Gasteiger partial charge in [0.1, 0.15) is 0 Å². The summed E-state index contributed by atoms with van der Waals surface area (Å²) < 4.78 is 9.23. The van der Waals surface area contributed by atoms with Crippen LogP contribution in [0.3, 0.4) is 0 Å². The van der Waals surface area contributed by atoms with Crippen LogP contribution in [0.1, 0.15) is 19.3 Å². The number of esters is 1. The molecule has 0 radical (unpaired) electrons. The number of rotatable bonds is 2. The topological polar surface area (TPSA) is 65.0 Å². The highest BCUT2D eigenvalue weighted by Crippen LogP contribution is 2.12. The van der Waals surface area contributed by atoms with Gasteiger partial charge in [0.15, 0.2) is 6.23 Å². The van der Waals surface area contributed by atoms with Gasteiger partial charge in [-0.05, 0) is 19.3 Å². The van der Waals surface area contributed by atoms with Crippen LogP contribution in [0, 0.1) is 0 Å². The minimum absolute atomic E-state index is 0.198. The molecule has 0 aromatic rings. The molecule has 0 aromatic heterocycles. The van der Waals surface area contributed by atoms with Gasteiger partial charge in [-0.3, -0.25) is 0 Å². The molecular formula is C10H15NO4. The Balaban J connectivity index is 0.000000288. The van der Waals surface area contributed by atoms with Crippen molar-refractivity contribution in [1.82, 2.24) is 0 Å². The van der Waals surface area contributed by atoms with Crippen LogP contribution in [0.25, 0.3) is 0 Å². The van der Waals surface area contributed by atoms with Gasteiger partial charge in [0.05, 0.1) is 7.11 Å². The van der Waals surface area contributed by atoms with Crippen LogP contribution in [0.4, 0.5) is 0 Å². The second kappa shape index (κ2) is 9.12. The second-order valence-corrected chi connectivity index (χ2v) is 2.77. The third-order valence-corrected chi connectivity index (χ3v) is 1.72. The van der Waals surface area contributed by atoms with Gasteiger partial charge < -0.3 is 9.47 Å². The van der Waals surface area contributed by atoms with Gasteiger partial charge in [-0.2, -0.15) is 4.99 Å². The van der Waals surface area contributed by atoms with Crippen molar-refractivity contribution in [3.63, 3.8) is 0 Å². The maximum absolute atomic E-state index is 9.84. The summed E-state index contributed by atoms with van der Waals surface area (Å²) in [5, 5.41) is 0. The number of carbonyl (C=O) groups is 1. The summed E-state index contributed by atoms with van der Waals surface area (Å²) >= 11 is 0. The highest BCUT2D eigenvalue weighted by molar-refractivity contribution is 5.80. The summed E-state index contributed by atoms with van der Waals surface area (Å²) in [7, 11) is 1.31. The largest absolute Gasteiger partial charge is 0.466 e. The van der Waals surface area contributed by atoms with E-state index in [0.717, 1.165) is 31.9 Å². The average Bonchev–Trinajstić information content (AvgIpc) is 2.31. The summed E-state index contributed by atoms with van der Waals surface area (Å²) in [6.07, 6.45) is 5.47. The minimum Gasteiger partial charge on any atom is -0.466 e. The molecule has 0 amide bonds. The van der Waals surface area contributed by atoms with E-state index in [1.54, 1.807) is 0 Å². The van der Waals surface area contributed by atoms with Crippen LogP contribution < -0.4 is 0 Å². The molecule has 1 atom stereocenters. The maximum atomic E-state index is 9.84. The van der Waals surface area contributed by atoms with E-state index in [1.807, 2.05) is 0 Å². The molecule has 1 rings (SSSR count). The van der Waals surface area contributed by atoms with E-state index in [0.29, 0.717) is 0 Å². The lowest BCUT2D eigenvalue weighted by molar-refractivity contribution is -0.134. The zero-order valence-corrected chi connectivity index (χ0v) is 8.77. The van der Waals surface area contributed by atoms with Gasteiger partial charge >= 0.3 is 5.97 Å². The second-order valence-electron chi connectivity index (χ2n) is 2.77. The fourth-order valence-corrected chi connectivity index (χ4v) is 0.968. The molecule has 0 bridgehead atoms. The molecule has 0 aliphatic carbocycles. The number of carbonyl (C=O) groups excluding carboxylic acids is 2. The van der Waals surface area contributed by atoms with Crippen molar-refractivity contribution in [1.29, 1.82) is 0 Å². The lowest BCUT2D eigenvalue weighted by atomic mass is 10.2.